The molecule has 0 radical (unpaired) electrons. The van der Waals surface area contributed by atoms with Crippen molar-refractivity contribution in [2.24, 2.45) is 0 Å². The highest BCUT2D eigenvalue weighted by atomic mass is 32.2. The van der Waals surface area contributed by atoms with Crippen LogP contribution in [0, 0.1) is 11.6 Å². The molecule has 2 unspecified atom stereocenters. The lowest BCUT2D eigenvalue weighted by Gasteiger charge is -2.26. The Balaban J connectivity index is 1.50. The zero-order chi connectivity index (χ0) is 19.9. The Morgan fingerprint density at radius 3 is 2.57 bits per heavy atom. The molecule has 0 spiro atoms. The first-order valence-corrected chi connectivity index (χ1v) is 10.7. The van der Waals surface area contributed by atoms with Gasteiger partial charge in [-0.05, 0) is 50.6 Å². The fraction of sp³-hybridized carbons (Fsp3) is 0.421. The summed E-state index contributed by atoms with van der Waals surface area (Å²) in [5.41, 5.74) is -0.0467. The molecule has 3 heterocycles. The van der Waals surface area contributed by atoms with Crippen molar-refractivity contribution in [3.05, 3.63) is 48.2 Å². The number of nitrogens with zero attached hydrogens (tertiary/aromatic N) is 3. The van der Waals surface area contributed by atoms with E-state index >= 15 is 0 Å². The van der Waals surface area contributed by atoms with Crippen LogP contribution in [0.5, 0.6) is 0 Å². The van der Waals surface area contributed by atoms with Crippen LogP contribution in [-0.2, 0) is 10.0 Å². The molecule has 0 amide bonds. The van der Waals surface area contributed by atoms with Gasteiger partial charge in [0.15, 0.2) is 11.6 Å². The summed E-state index contributed by atoms with van der Waals surface area (Å²) < 4.78 is 53.6. The normalized spacial score (nSPS) is 22.9. The molecule has 0 saturated carbocycles. The van der Waals surface area contributed by atoms with Crippen molar-refractivity contribution in [1.82, 2.24) is 9.88 Å². The van der Waals surface area contributed by atoms with Crippen LogP contribution in [-0.4, -0.2) is 50.5 Å². The molecule has 1 aromatic heterocycles. The van der Waals surface area contributed by atoms with Crippen molar-refractivity contribution in [1.29, 1.82) is 0 Å². The van der Waals surface area contributed by atoms with Gasteiger partial charge in [0.25, 0.3) is 10.0 Å². The molecule has 6 nitrogen and oxygen atoms in total. The van der Waals surface area contributed by atoms with Gasteiger partial charge in [-0.15, -0.1) is 0 Å². The highest BCUT2D eigenvalue weighted by Crippen LogP contribution is 2.30. The molecular formula is C19H22F2N4O2S. The first kappa shape index (κ1) is 19.1. The predicted molar refractivity (Wildman–Crippen MR) is 103 cm³/mol. The van der Waals surface area contributed by atoms with Crippen LogP contribution in [0.25, 0.3) is 0 Å². The summed E-state index contributed by atoms with van der Waals surface area (Å²) in [7, 11) is -1.78. The molecular weight excluding hydrogens is 386 g/mol. The first-order chi connectivity index (χ1) is 13.3. The predicted octanol–water partition coefficient (Wildman–Crippen LogP) is 2.83. The lowest BCUT2D eigenvalue weighted by Crippen LogP contribution is -2.36. The summed E-state index contributed by atoms with van der Waals surface area (Å²) in [6.45, 7) is 1.76. The number of fused-ring (bicyclic) bond motifs is 2. The second kappa shape index (κ2) is 7.29. The molecule has 2 atom stereocenters. The van der Waals surface area contributed by atoms with Gasteiger partial charge in [0, 0.05) is 37.4 Å². The minimum absolute atomic E-state index is 0.0329. The molecule has 2 saturated heterocycles. The van der Waals surface area contributed by atoms with Gasteiger partial charge in [-0.1, -0.05) is 0 Å². The molecule has 2 aromatic rings. The van der Waals surface area contributed by atoms with E-state index in [1.54, 1.807) is 6.07 Å². The Morgan fingerprint density at radius 2 is 1.86 bits per heavy atom. The average molecular weight is 408 g/mol. The molecule has 1 aromatic carbocycles. The maximum absolute atomic E-state index is 13.3. The average Bonchev–Trinajstić information content (AvgIpc) is 2.90. The number of anilines is 2. The van der Waals surface area contributed by atoms with Gasteiger partial charge in [-0.25, -0.2) is 22.2 Å². The summed E-state index contributed by atoms with van der Waals surface area (Å²) in [4.78, 5) is 8.94. The van der Waals surface area contributed by atoms with Crippen molar-refractivity contribution < 1.29 is 17.2 Å². The zero-order valence-corrected chi connectivity index (χ0v) is 16.3. The van der Waals surface area contributed by atoms with E-state index in [9.17, 15) is 17.2 Å². The van der Waals surface area contributed by atoms with E-state index in [4.69, 9.17) is 0 Å². The van der Waals surface area contributed by atoms with E-state index in [1.807, 2.05) is 0 Å². The highest BCUT2D eigenvalue weighted by molar-refractivity contribution is 7.92. The molecule has 9 heteroatoms. The number of likely N-dealkylation sites (N-methyl/N-ethyl adjacent to an activating group) is 1. The van der Waals surface area contributed by atoms with Gasteiger partial charge in [0.05, 0.1) is 5.69 Å². The number of rotatable bonds is 4. The van der Waals surface area contributed by atoms with E-state index in [0.717, 1.165) is 37.5 Å². The Morgan fingerprint density at radius 1 is 1.07 bits per heavy atom. The van der Waals surface area contributed by atoms with Crippen LogP contribution in [0.2, 0.25) is 0 Å². The summed E-state index contributed by atoms with van der Waals surface area (Å²) in [6.07, 6.45) is 4.76. The molecule has 2 aliphatic rings. The fourth-order valence-corrected chi connectivity index (χ4v) is 5.00. The smallest absolute Gasteiger partial charge is 0.263 e. The summed E-state index contributed by atoms with van der Waals surface area (Å²) in [6, 6.07) is 7.12. The molecule has 28 heavy (non-hydrogen) atoms. The first-order valence-electron chi connectivity index (χ1n) is 9.24. The summed E-state index contributed by atoms with van der Waals surface area (Å²) >= 11 is 0. The van der Waals surface area contributed by atoms with Crippen LogP contribution in [0.4, 0.5) is 20.3 Å². The lowest BCUT2D eigenvalue weighted by molar-refractivity contribution is 0.254. The summed E-state index contributed by atoms with van der Waals surface area (Å²) in [5.74, 6) is -1.41. The third-order valence-electron chi connectivity index (χ3n) is 5.68. The Hall–Kier alpha value is -2.26. The Bertz CT molecular complexity index is 968. The molecule has 4 rings (SSSR count). The van der Waals surface area contributed by atoms with Crippen molar-refractivity contribution in [2.45, 2.75) is 36.2 Å². The minimum atomic E-state index is -3.94. The SMILES string of the molecule is CN1C2CCC1CN(c1ccc(S(=O)(=O)Nc3ccc(F)c(F)c3)cn1)CC2. The van der Waals surface area contributed by atoms with Crippen molar-refractivity contribution in [3.63, 3.8) is 0 Å². The largest absolute Gasteiger partial charge is 0.355 e. The van der Waals surface area contributed by atoms with Gasteiger partial charge in [0.2, 0.25) is 0 Å². The lowest BCUT2D eigenvalue weighted by atomic mass is 10.1. The Kier molecular flexibility index (Phi) is 4.96. The quantitative estimate of drug-likeness (QED) is 0.843. The summed E-state index contributed by atoms with van der Waals surface area (Å²) in [5, 5.41) is 0. The zero-order valence-electron chi connectivity index (χ0n) is 15.5. The number of halogens is 2. The van der Waals surface area contributed by atoms with Crippen LogP contribution >= 0.6 is 0 Å². The number of hydrogen-bond acceptors (Lipinski definition) is 5. The fourth-order valence-electron chi connectivity index (χ4n) is 4.01. The maximum Gasteiger partial charge on any atom is 0.263 e. The van der Waals surface area contributed by atoms with Crippen LogP contribution < -0.4 is 9.62 Å². The molecule has 150 valence electrons. The van der Waals surface area contributed by atoms with Gasteiger partial charge in [-0.2, -0.15) is 0 Å². The standard InChI is InChI=1S/C19H22F2N4O2S/c1-24-14-3-4-15(24)12-25(9-8-14)19-7-5-16(11-22-19)28(26,27)23-13-2-6-17(20)18(21)10-13/h2,5-7,10-11,14-15,23H,3-4,8-9,12H2,1H3. The number of hydrogen-bond donors (Lipinski definition) is 1. The van der Waals surface area contributed by atoms with E-state index < -0.39 is 21.7 Å². The molecule has 2 aliphatic heterocycles. The highest BCUT2D eigenvalue weighted by Gasteiger charge is 2.35. The Labute approximate surface area is 163 Å². The van der Waals surface area contributed by atoms with Gasteiger partial charge in [0.1, 0.15) is 10.7 Å². The van der Waals surface area contributed by atoms with Crippen LogP contribution in [0.3, 0.4) is 0 Å². The maximum atomic E-state index is 13.3. The minimum Gasteiger partial charge on any atom is -0.355 e. The number of nitrogens with one attached hydrogen (secondary N) is 1. The molecule has 2 bridgehead atoms. The van der Waals surface area contributed by atoms with E-state index in [0.29, 0.717) is 12.1 Å². The second-order valence-corrected chi connectivity index (χ2v) is 9.05. The van der Waals surface area contributed by atoms with Crippen molar-refractivity contribution in [2.75, 3.05) is 29.8 Å². The third kappa shape index (κ3) is 3.68. The van der Waals surface area contributed by atoms with E-state index in [-0.39, 0.29) is 10.6 Å². The third-order valence-corrected chi connectivity index (χ3v) is 7.04. The van der Waals surface area contributed by atoms with Crippen molar-refractivity contribution >= 4 is 21.5 Å². The van der Waals surface area contributed by atoms with Gasteiger partial charge >= 0.3 is 0 Å². The topological polar surface area (TPSA) is 65.5 Å². The van der Waals surface area contributed by atoms with Gasteiger partial charge < -0.3 is 4.90 Å². The van der Waals surface area contributed by atoms with Crippen LogP contribution in [0.1, 0.15) is 19.3 Å². The second-order valence-electron chi connectivity index (χ2n) is 7.37. The molecule has 2 fully saturated rings. The number of aromatic nitrogens is 1. The van der Waals surface area contributed by atoms with E-state index in [2.05, 4.69) is 26.6 Å². The van der Waals surface area contributed by atoms with Crippen molar-refractivity contribution in [3.8, 4) is 0 Å². The molecule has 1 N–H and O–H groups in total. The number of benzene rings is 1. The van der Waals surface area contributed by atoms with Gasteiger partial charge in [-0.3, -0.25) is 9.62 Å². The number of sulfonamides is 1. The monoisotopic (exact) mass is 408 g/mol. The van der Waals surface area contributed by atoms with Crippen LogP contribution in [0.15, 0.2) is 41.4 Å². The van der Waals surface area contributed by atoms with E-state index in [1.165, 1.54) is 31.2 Å². The molecule has 0 aliphatic carbocycles. The number of pyridine rings is 1.